The van der Waals surface area contributed by atoms with Crippen molar-refractivity contribution in [2.24, 2.45) is 0 Å². The summed E-state index contributed by atoms with van der Waals surface area (Å²) >= 11 is 0. The van der Waals surface area contributed by atoms with Gasteiger partial charge in [0.2, 0.25) is 5.91 Å². The molecular formula is C75H147NO5. The van der Waals surface area contributed by atoms with Crippen molar-refractivity contribution in [2.75, 3.05) is 6.61 Å². The molecule has 4 atom stereocenters. The quantitative estimate of drug-likeness (QED) is 0.0308. The largest absolute Gasteiger partial charge is 0.394 e. The zero-order chi connectivity index (χ0) is 58.7. The van der Waals surface area contributed by atoms with Crippen LogP contribution in [-0.4, -0.2) is 57.3 Å². The van der Waals surface area contributed by atoms with Crippen LogP contribution in [0, 0.1) is 0 Å². The van der Waals surface area contributed by atoms with Gasteiger partial charge in [0.25, 0.3) is 0 Å². The van der Waals surface area contributed by atoms with Crippen LogP contribution in [0.1, 0.15) is 418 Å². The molecule has 0 radical (unpaired) electrons. The predicted octanol–water partition coefficient (Wildman–Crippen LogP) is 23.3. The average Bonchev–Trinajstić information content (AvgIpc) is 3.47. The molecule has 0 aliphatic heterocycles. The van der Waals surface area contributed by atoms with E-state index in [9.17, 15) is 25.2 Å². The molecule has 6 heteroatoms. The van der Waals surface area contributed by atoms with Crippen molar-refractivity contribution in [1.82, 2.24) is 5.32 Å². The van der Waals surface area contributed by atoms with E-state index in [1.807, 2.05) is 0 Å². The van der Waals surface area contributed by atoms with Crippen LogP contribution >= 0.6 is 0 Å². The van der Waals surface area contributed by atoms with Gasteiger partial charge in [-0.05, 0) is 44.9 Å². The fourth-order valence-electron chi connectivity index (χ4n) is 12.1. The third kappa shape index (κ3) is 63.1. The Hall–Kier alpha value is -1.21. The molecule has 0 fully saturated rings. The number of hydrogen-bond donors (Lipinski definition) is 5. The molecule has 0 spiro atoms. The zero-order valence-corrected chi connectivity index (χ0v) is 55.1. The van der Waals surface area contributed by atoms with E-state index in [1.54, 1.807) is 0 Å². The van der Waals surface area contributed by atoms with Crippen LogP contribution in [0.4, 0.5) is 0 Å². The fourth-order valence-corrected chi connectivity index (χ4v) is 12.1. The van der Waals surface area contributed by atoms with Gasteiger partial charge in [-0.25, -0.2) is 0 Å². The van der Waals surface area contributed by atoms with Crippen LogP contribution in [0.5, 0.6) is 0 Å². The summed E-state index contributed by atoms with van der Waals surface area (Å²) in [5, 5.41) is 44.3. The molecule has 0 saturated heterocycles. The molecule has 0 aromatic heterocycles. The SMILES string of the molecule is CCCCCCCCCCCCCCCCC/C=C\C/C=C\CCCCCCCCCCCCCCCCCCC(O)C(=O)NC(CO)C(O)C(O)CCCCCCCCCCCCCCCCCCCCCCCCCCCCC. The van der Waals surface area contributed by atoms with Gasteiger partial charge in [-0.2, -0.15) is 0 Å². The molecule has 0 aromatic rings. The van der Waals surface area contributed by atoms with Crippen LogP contribution in [0.3, 0.4) is 0 Å². The maximum atomic E-state index is 12.7. The number of allylic oxidation sites excluding steroid dienone is 4. The van der Waals surface area contributed by atoms with E-state index in [2.05, 4.69) is 43.5 Å². The number of aliphatic hydroxyl groups excluding tert-OH is 4. The molecule has 0 saturated carbocycles. The van der Waals surface area contributed by atoms with E-state index in [-0.39, 0.29) is 0 Å². The van der Waals surface area contributed by atoms with Crippen molar-refractivity contribution >= 4 is 5.91 Å². The molecule has 5 N–H and O–H groups in total. The molecule has 0 aliphatic carbocycles. The number of unbranched alkanes of at least 4 members (excludes halogenated alkanes) is 57. The van der Waals surface area contributed by atoms with Gasteiger partial charge in [0.05, 0.1) is 18.8 Å². The Morgan fingerprint density at radius 3 is 0.778 bits per heavy atom. The summed E-state index contributed by atoms with van der Waals surface area (Å²) in [7, 11) is 0. The van der Waals surface area contributed by atoms with Crippen molar-refractivity contribution in [3.8, 4) is 0 Å². The topological polar surface area (TPSA) is 110 Å². The second-order valence-electron chi connectivity index (χ2n) is 26.0. The third-order valence-electron chi connectivity index (χ3n) is 17.9. The van der Waals surface area contributed by atoms with Gasteiger partial charge in [0.1, 0.15) is 12.2 Å². The Morgan fingerprint density at radius 1 is 0.309 bits per heavy atom. The maximum absolute atomic E-state index is 12.7. The third-order valence-corrected chi connectivity index (χ3v) is 17.9. The van der Waals surface area contributed by atoms with Crippen LogP contribution in [-0.2, 0) is 4.79 Å². The summed E-state index contributed by atoms with van der Waals surface area (Å²) in [6.07, 6.45) is 89.0. The minimum atomic E-state index is -1.26. The molecule has 0 rings (SSSR count). The molecular weight excluding hydrogens is 995 g/mol. The monoisotopic (exact) mass is 1140 g/mol. The molecule has 81 heavy (non-hydrogen) atoms. The zero-order valence-electron chi connectivity index (χ0n) is 55.1. The van der Waals surface area contributed by atoms with Crippen molar-refractivity contribution in [2.45, 2.75) is 443 Å². The normalized spacial score (nSPS) is 13.5. The second-order valence-corrected chi connectivity index (χ2v) is 26.0. The Bertz CT molecular complexity index is 1240. The fraction of sp³-hybridized carbons (Fsp3) is 0.933. The number of hydrogen-bond acceptors (Lipinski definition) is 5. The van der Waals surface area contributed by atoms with E-state index < -0.39 is 36.9 Å². The Labute approximate surface area is 507 Å². The first-order valence-electron chi connectivity index (χ1n) is 37.2. The number of carbonyl (C=O) groups is 1. The lowest BCUT2D eigenvalue weighted by Crippen LogP contribution is -2.53. The summed E-state index contributed by atoms with van der Waals surface area (Å²) in [5.41, 5.74) is 0. The molecule has 482 valence electrons. The second kappa shape index (κ2) is 69.6. The molecule has 0 heterocycles. The van der Waals surface area contributed by atoms with Crippen molar-refractivity contribution < 1.29 is 25.2 Å². The van der Waals surface area contributed by atoms with Crippen LogP contribution in [0.2, 0.25) is 0 Å². The molecule has 6 nitrogen and oxygen atoms in total. The predicted molar refractivity (Wildman–Crippen MR) is 358 cm³/mol. The summed E-state index contributed by atoms with van der Waals surface area (Å²) in [6, 6.07) is -0.986. The molecule has 0 bridgehead atoms. The smallest absolute Gasteiger partial charge is 0.249 e. The maximum Gasteiger partial charge on any atom is 0.249 e. The van der Waals surface area contributed by atoms with E-state index in [0.29, 0.717) is 12.8 Å². The van der Waals surface area contributed by atoms with Crippen LogP contribution < -0.4 is 5.32 Å². The number of amides is 1. The Balaban J connectivity index is 3.51. The van der Waals surface area contributed by atoms with Gasteiger partial charge < -0.3 is 25.7 Å². The van der Waals surface area contributed by atoms with Gasteiger partial charge in [0, 0.05) is 0 Å². The standard InChI is InChI=1S/C75H147NO5/c1-3-5-7-9-11-13-15-17-19-21-23-25-27-29-31-32-33-34-35-36-37-38-39-40-41-43-45-47-49-51-53-55-57-59-61-63-65-67-69-73(79)75(81)76-71(70-77)74(80)72(78)68-66-64-62-60-58-56-54-52-50-48-46-44-42-30-28-26-24-22-20-18-16-14-12-10-8-6-4-2/h33-34,36-37,71-74,77-80H,3-32,35,38-70H2,1-2H3,(H,76,81)/b34-33-,37-36-. The highest BCUT2D eigenvalue weighted by molar-refractivity contribution is 5.80. The molecule has 4 unspecified atom stereocenters. The van der Waals surface area contributed by atoms with E-state index in [4.69, 9.17) is 0 Å². The van der Waals surface area contributed by atoms with Crippen LogP contribution in [0.25, 0.3) is 0 Å². The van der Waals surface area contributed by atoms with Gasteiger partial charge in [-0.1, -0.05) is 398 Å². The summed E-state index contributed by atoms with van der Waals surface area (Å²) in [4.78, 5) is 12.7. The highest BCUT2D eigenvalue weighted by Crippen LogP contribution is 2.20. The van der Waals surface area contributed by atoms with Gasteiger partial charge in [-0.3, -0.25) is 4.79 Å². The molecule has 1 amide bonds. The minimum Gasteiger partial charge on any atom is -0.394 e. The number of nitrogens with one attached hydrogen (secondary N) is 1. The van der Waals surface area contributed by atoms with E-state index in [1.165, 1.54) is 347 Å². The lowest BCUT2D eigenvalue weighted by Gasteiger charge is -2.27. The average molecular weight is 1140 g/mol. The van der Waals surface area contributed by atoms with Gasteiger partial charge in [-0.15, -0.1) is 0 Å². The van der Waals surface area contributed by atoms with Crippen molar-refractivity contribution in [1.29, 1.82) is 0 Å². The summed E-state index contributed by atoms with van der Waals surface area (Å²) in [6.45, 7) is 4.12. The lowest BCUT2D eigenvalue weighted by molar-refractivity contribution is -0.132. The number of rotatable bonds is 70. The number of carbonyl (C=O) groups excluding carboxylic acids is 1. The Kier molecular flexibility index (Phi) is 68.5. The summed E-state index contributed by atoms with van der Waals surface area (Å²) in [5.74, 6) is -0.576. The molecule has 0 aliphatic rings. The summed E-state index contributed by atoms with van der Waals surface area (Å²) < 4.78 is 0. The van der Waals surface area contributed by atoms with Crippen molar-refractivity contribution in [3.63, 3.8) is 0 Å². The number of aliphatic hydroxyl groups is 4. The minimum absolute atomic E-state index is 0.372. The Morgan fingerprint density at radius 2 is 0.531 bits per heavy atom. The lowest BCUT2D eigenvalue weighted by atomic mass is 9.99. The highest BCUT2D eigenvalue weighted by atomic mass is 16.3. The molecule has 0 aromatic carbocycles. The van der Waals surface area contributed by atoms with Crippen molar-refractivity contribution in [3.05, 3.63) is 24.3 Å². The van der Waals surface area contributed by atoms with Gasteiger partial charge >= 0.3 is 0 Å². The van der Waals surface area contributed by atoms with Gasteiger partial charge in [0.15, 0.2) is 0 Å². The van der Waals surface area contributed by atoms with Crippen LogP contribution in [0.15, 0.2) is 24.3 Å². The van der Waals surface area contributed by atoms with E-state index in [0.717, 1.165) is 44.9 Å². The van der Waals surface area contributed by atoms with E-state index >= 15 is 0 Å². The first-order valence-corrected chi connectivity index (χ1v) is 37.2. The first-order chi connectivity index (χ1) is 40.0. The first kappa shape index (κ1) is 79.8. The highest BCUT2D eigenvalue weighted by Gasteiger charge is 2.28.